The van der Waals surface area contributed by atoms with Gasteiger partial charge in [-0.15, -0.1) is 11.3 Å². The molecule has 58 heavy (non-hydrogen) atoms. The van der Waals surface area contributed by atoms with Crippen molar-refractivity contribution in [3.8, 4) is 77.7 Å². The molecule has 0 N–H and O–H groups in total. The first kappa shape index (κ1) is 33.0. The van der Waals surface area contributed by atoms with Crippen LogP contribution in [-0.4, -0.2) is 9.97 Å². The van der Waals surface area contributed by atoms with Gasteiger partial charge in [0.05, 0.1) is 16.8 Å². The van der Waals surface area contributed by atoms with Crippen LogP contribution >= 0.6 is 11.3 Å². The summed E-state index contributed by atoms with van der Waals surface area (Å²) in [5, 5.41) is 1.35. The molecule has 270 valence electrons. The summed E-state index contributed by atoms with van der Waals surface area (Å²) in [6, 6.07) is 74.6. The van der Waals surface area contributed by atoms with E-state index in [0.29, 0.717) is 5.82 Å². The molecule has 0 saturated heterocycles. The Labute approximate surface area is 341 Å². The summed E-state index contributed by atoms with van der Waals surface area (Å²) in [7, 11) is 0. The van der Waals surface area contributed by atoms with E-state index in [0.717, 1.165) is 28.1 Å². The molecule has 10 aromatic rings. The van der Waals surface area contributed by atoms with Gasteiger partial charge in [-0.25, -0.2) is 9.97 Å². The van der Waals surface area contributed by atoms with Gasteiger partial charge in [-0.2, -0.15) is 0 Å². The molecular weight excluding hydrogens is 721 g/mol. The van der Waals surface area contributed by atoms with E-state index in [-0.39, 0.29) is 0 Å². The van der Waals surface area contributed by atoms with Crippen molar-refractivity contribution in [2.45, 2.75) is 5.41 Å². The minimum atomic E-state index is -0.391. The molecule has 0 fully saturated rings. The molecule has 2 nitrogen and oxygen atoms in total. The first-order valence-electron chi connectivity index (χ1n) is 19.8. The highest BCUT2D eigenvalue weighted by atomic mass is 32.1. The van der Waals surface area contributed by atoms with Crippen molar-refractivity contribution in [1.29, 1.82) is 0 Å². The van der Waals surface area contributed by atoms with Crippen molar-refractivity contribution >= 4 is 21.4 Å². The molecule has 1 spiro atoms. The molecule has 0 aliphatic heterocycles. The molecular formula is C55H34N2S. The molecule has 0 bridgehead atoms. The highest BCUT2D eigenvalue weighted by molar-refractivity contribution is 7.22. The van der Waals surface area contributed by atoms with E-state index < -0.39 is 5.41 Å². The van der Waals surface area contributed by atoms with E-state index >= 15 is 0 Å². The van der Waals surface area contributed by atoms with Crippen LogP contribution in [-0.2, 0) is 5.41 Å². The first-order chi connectivity index (χ1) is 28.8. The number of hydrogen-bond acceptors (Lipinski definition) is 3. The van der Waals surface area contributed by atoms with Gasteiger partial charge >= 0.3 is 0 Å². The van der Waals surface area contributed by atoms with Gasteiger partial charge in [0, 0.05) is 26.3 Å². The van der Waals surface area contributed by atoms with Crippen molar-refractivity contribution in [1.82, 2.24) is 9.97 Å². The molecule has 2 aliphatic carbocycles. The van der Waals surface area contributed by atoms with Gasteiger partial charge in [-0.1, -0.05) is 194 Å². The average Bonchev–Trinajstić information content (AvgIpc) is 3.93. The monoisotopic (exact) mass is 754 g/mol. The molecule has 3 heteroatoms. The fourth-order valence-electron chi connectivity index (χ4n) is 9.62. The lowest BCUT2D eigenvalue weighted by atomic mass is 9.70. The van der Waals surface area contributed by atoms with Gasteiger partial charge in [0.25, 0.3) is 0 Å². The molecule has 1 unspecified atom stereocenters. The summed E-state index contributed by atoms with van der Waals surface area (Å²) >= 11 is 1.93. The van der Waals surface area contributed by atoms with Gasteiger partial charge < -0.3 is 0 Å². The molecule has 2 aromatic heterocycles. The second-order valence-electron chi connectivity index (χ2n) is 15.2. The van der Waals surface area contributed by atoms with Crippen molar-refractivity contribution in [2.75, 3.05) is 0 Å². The zero-order valence-corrected chi connectivity index (χ0v) is 32.2. The van der Waals surface area contributed by atoms with Gasteiger partial charge in [-0.05, 0) is 78.7 Å². The Balaban J connectivity index is 0.993. The van der Waals surface area contributed by atoms with Crippen LogP contribution in [0.1, 0.15) is 22.3 Å². The van der Waals surface area contributed by atoms with E-state index in [1.165, 1.54) is 76.2 Å². The number of rotatable bonds is 5. The normalized spacial score (nSPS) is 14.6. The van der Waals surface area contributed by atoms with Crippen LogP contribution in [0.5, 0.6) is 0 Å². The number of aromatic nitrogens is 2. The Bertz CT molecular complexity index is 3200. The van der Waals surface area contributed by atoms with Crippen LogP contribution in [0.2, 0.25) is 0 Å². The van der Waals surface area contributed by atoms with E-state index in [1.54, 1.807) is 0 Å². The van der Waals surface area contributed by atoms with Crippen LogP contribution in [0.15, 0.2) is 206 Å². The quantitative estimate of drug-likeness (QED) is 0.175. The molecule has 8 aromatic carbocycles. The smallest absolute Gasteiger partial charge is 0.160 e. The Morgan fingerprint density at radius 1 is 0.362 bits per heavy atom. The van der Waals surface area contributed by atoms with Gasteiger partial charge in [0.15, 0.2) is 5.82 Å². The predicted molar refractivity (Wildman–Crippen MR) is 241 cm³/mol. The summed E-state index contributed by atoms with van der Waals surface area (Å²) < 4.78 is 1.34. The number of benzene rings is 8. The topological polar surface area (TPSA) is 25.8 Å². The Morgan fingerprint density at radius 3 is 1.57 bits per heavy atom. The summed E-state index contributed by atoms with van der Waals surface area (Å²) in [5.74, 6) is 0.712. The highest BCUT2D eigenvalue weighted by Crippen LogP contribution is 2.66. The van der Waals surface area contributed by atoms with Crippen molar-refractivity contribution in [3.63, 3.8) is 0 Å². The maximum atomic E-state index is 5.15. The maximum Gasteiger partial charge on any atom is 0.160 e. The van der Waals surface area contributed by atoms with Gasteiger partial charge in [0.2, 0.25) is 0 Å². The van der Waals surface area contributed by atoms with E-state index in [2.05, 4.69) is 188 Å². The zero-order valence-electron chi connectivity index (χ0n) is 31.4. The van der Waals surface area contributed by atoms with E-state index in [9.17, 15) is 0 Å². The third-order valence-corrected chi connectivity index (χ3v) is 13.4. The minimum Gasteiger partial charge on any atom is -0.228 e. The van der Waals surface area contributed by atoms with Crippen LogP contribution in [0.3, 0.4) is 0 Å². The second-order valence-corrected chi connectivity index (χ2v) is 16.3. The molecule has 1 atom stereocenters. The summed E-state index contributed by atoms with van der Waals surface area (Å²) in [5.41, 5.74) is 18.8. The van der Waals surface area contributed by atoms with E-state index in [4.69, 9.17) is 9.97 Å². The summed E-state index contributed by atoms with van der Waals surface area (Å²) in [6.07, 6.45) is 0. The number of fused-ring (bicyclic) bond motifs is 12. The lowest BCUT2D eigenvalue weighted by molar-refractivity contribution is 0.803. The molecule has 2 heterocycles. The van der Waals surface area contributed by atoms with Crippen molar-refractivity contribution in [2.24, 2.45) is 0 Å². The van der Waals surface area contributed by atoms with Crippen LogP contribution in [0.25, 0.3) is 87.8 Å². The predicted octanol–water partition coefficient (Wildman–Crippen LogP) is 14.4. The van der Waals surface area contributed by atoms with E-state index in [1.807, 2.05) is 29.5 Å². The number of hydrogen-bond donors (Lipinski definition) is 0. The lowest BCUT2D eigenvalue weighted by Crippen LogP contribution is -2.25. The molecule has 0 amide bonds. The van der Waals surface area contributed by atoms with Crippen LogP contribution in [0, 0.1) is 0 Å². The Morgan fingerprint density at radius 2 is 0.862 bits per heavy atom. The number of thiophene rings is 1. The fourth-order valence-corrected chi connectivity index (χ4v) is 10.9. The van der Waals surface area contributed by atoms with Gasteiger partial charge in [-0.3, -0.25) is 0 Å². The fraction of sp³-hybridized carbons (Fsp3) is 0.0182. The Kier molecular flexibility index (Phi) is 7.35. The van der Waals surface area contributed by atoms with Crippen molar-refractivity contribution < 1.29 is 0 Å². The minimum absolute atomic E-state index is 0.391. The summed E-state index contributed by atoms with van der Waals surface area (Å²) in [6.45, 7) is 0. The number of nitrogens with zero attached hydrogens (tertiary/aromatic N) is 2. The molecule has 2 aliphatic rings. The van der Waals surface area contributed by atoms with Gasteiger partial charge in [0.1, 0.15) is 0 Å². The largest absolute Gasteiger partial charge is 0.228 e. The summed E-state index contributed by atoms with van der Waals surface area (Å²) in [4.78, 5) is 11.6. The standard InChI is InChI=1S/C55H34N2S/c1-3-14-35(15-4-1)36-26-30-38(31-27-36)48-34-49(57-54(56-48)40-16-5-2-6-17-40)39-32-28-37(29-33-39)41-21-13-24-47-51(41)42-18-7-10-22-45(42)55(47)46-23-11-8-19-43(46)53-52(55)44-20-9-12-25-50(44)58-53/h1-34H. The van der Waals surface area contributed by atoms with Crippen LogP contribution in [0.4, 0.5) is 0 Å². The van der Waals surface area contributed by atoms with Crippen LogP contribution < -0.4 is 0 Å². The third-order valence-electron chi connectivity index (χ3n) is 12.2. The SMILES string of the molecule is c1ccc(-c2ccc(-c3cc(-c4ccc(-c5cccc6c5-c5ccccc5C65c6ccccc6-c6sc7ccccc7c65)cc4)nc(-c4ccccc4)n3)cc2)cc1. The molecule has 0 radical (unpaired) electrons. The molecule has 12 rings (SSSR count). The maximum absolute atomic E-state index is 5.15. The van der Waals surface area contributed by atoms with Crippen molar-refractivity contribution in [3.05, 3.63) is 229 Å². The third kappa shape index (κ3) is 4.84. The molecule has 0 saturated carbocycles. The lowest BCUT2D eigenvalue weighted by Gasteiger charge is -2.30. The zero-order chi connectivity index (χ0) is 38.2. The Hall–Kier alpha value is -7.20. The second kappa shape index (κ2) is 12.9. The highest BCUT2D eigenvalue weighted by Gasteiger charge is 2.53. The average molecular weight is 755 g/mol. The first-order valence-corrected chi connectivity index (χ1v) is 20.6.